The molecule has 2 heterocycles. The maximum Gasteiger partial charge on any atom is 0.338 e. The zero-order valence-electron chi connectivity index (χ0n) is 23.4. The molecule has 0 fully saturated rings. The van der Waals surface area contributed by atoms with Crippen molar-refractivity contribution in [1.82, 2.24) is 4.57 Å². The quantitative estimate of drug-likeness (QED) is 0.234. The molecule has 0 amide bonds. The van der Waals surface area contributed by atoms with E-state index in [9.17, 15) is 9.59 Å². The molecule has 210 valence electrons. The fourth-order valence-electron chi connectivity index (χ4n) is 4.88. The Morgan fingerprint density at radius 3 is 2.44 bits per heavy atom. The van der Waals surface area contributed by atoms with Crippen molar-refractivity contribution in [2.45, 2.75) is 39.7 Å². The Morgan fingerprint density at radius 1 is 1.05 bits per heavy atom. The third-order valence-electron chi connectivity index (χ3n) is 6.85. The second-order valence-electron chi connectivity index (χ2n) is 9.87. The Hall–Kier alpha value is -3.94. The summed E-state index contributed by atoms with van der Waals surface area (Å²) in [6.45, 7) is 8.59. The number of hydrogen-bond donors (Lipinski definition) is 0. The van der Waals surface area contributed by atoms with Crippen molar-refractivity contribution in [2.24, 2.45) is 4.99 Å². The zero-order chi connectivity index (χ0) is 29.1. The molecule has 3 aromatic carbocycles. The summed E-state index contributed by atoms with van der Waals surface area (Å²) >= 11 is 7.57. The topological polar surface area (TPSA) is 69.9 Å². The van der Waals surface area contributed by atoms with Crippen LogP contribution in [0.1, 0.15) is 61.9 Å². The van der Waals surface area contributed by atoms with Gasteiger partial charge in [0, 0.05) is 16.1 Å². The van der Waals surface area contributed by atoms with E-state index in [-0.39, 0.29) is 12.2 Å². The summed E-state index contributed by atoms with van der Waals surface area (Å²) in [5.41, 5.74) is 3.98. The average Bonchev–Trinajstić information content (AvgIpc) is 3.28. The van der Waals surface area contributed by atoms with E-state index in [0.29, 0.717) is 49.5 Å². The first-order valence-electron chi connectivity index (χ1n) is 13.6. The number of benzene rings is 3. The van der Waals surface area contributed by atoms with Crippen molar-refractivity contribution in [2.75, 3.05) is 13.2 Å². The number of esters is 1. The minimum atomic E-state index is -0.727. The molecule has 1 aliphatic rings. The molecule has 0 saturated carbocycles. The first-order valence-corrected chi connectivity index (χ1v) is 14.8. The molecule has 0 spiro atoms. The second kappa shape index (κ2) is 12.3. The summed E-state index contributed by atoms with van der Waals surface area (Å²) in [6, 6.07) is 22.2. The van der Waals surface area contributed by atoms with Gasteiger partial charge < -0.3 is 9.47 Å². The van der Waals surface area contributed by atoms with Crippen LogP contribution in [0.25, 0.3) is 11.8 Å². The molecule has 41 heavy (non-hydrogen) atoms. The van der Waals surface area contributed by atoms with E-state index in [1.807, 2.05) is 61.5 Å². The number of thiazole rings is 1. The van der Waals surface area contributed by atoms with Crippen LogP contribution in [0.2, 0.25) is 5.02 Å². The van der Waals surface area contributed by atoms with Crippen LogP contribution in [0.4, 0.5) is 0 Å². The highest BCUT2D eigenvalue weighted by Crippen LogP contribution is 2.35. The highest BCUT2D eigenvalue weighted by molar-refractivity contribution is 7.07. The Balaban J connectivity index is 1.81. The highest BCUT2D eigenvalue weighted by atomic mass is 35.5. The van der Waals surface area contributed by atoms with Gasteiger partial charge in [-0.15, -0.1) is 0 Å². The lowest BCUT2D eigenvalue weighted by atomic mass is 9.91. The number of fused-ring (bicyclic) bond motifs is 1. The van der Waals surface area contributed by atoms with Crippen LogP contribution < -0.4 is 19.6 Å². The molecular formula is C33H31ClN2O4S. The van der Waals surface area contributed by atoms with Crippen LogP contribution >= 0.6 is 22.9 Å². The van der Waals surface area contributed by atoms with Crippen molar-refractivity contribution in [1.29, 1.82) is 0 Å². The van der Waals surface area contributed by atoms with Gasteiger partial charge in [-0.1, -0.05) is 91.4 Å². The molecule has 6 nitrogen and oxygen atoms in total. The van der Waals surface area contributed by atoms with Gasteiger partial charge in [0.15, 0.2) is 4.80 Å². The van der Waals surface area contributed by atoms with Gasteiger partial charge in [0.05, 0.1) is 35.1 Å². The minimum Gasteiger partial charge on any atom is -0.493 e. The Labute approximate surface area is 247 Å². The van der Waals surface area contributed by atoms with E-state index in [0.717, 1.165) is 16.7 Å². The number of nitrogens with zero attached hydrogens (tertiary/aromatic N) is 2. The molecule has 1 aliphatic heterocycles. The van der Waals surface area contributed by atoms with Crippen molar-refractivity contribution in [3.05, 3.63) is 125 Å². The lowest BCUT2D eigenvalue weighted by molar-refractivity contribution is -0.138. The third kappa shape index (κ3) is 5.78. The van der Waals surface area contributed by atoms with E-state index in [4.69, 9.17) is 26.1 Å². The Bertz CT molecular complexity index is 1790. The number of ether oxygens (including phenoxy) is 2. The number of carbonyl (C=O) groups excluding carboxylic acids is 1. The lowest BCUT2D eigenvalue weighted by Gasteiger charge is -2.26. The summed E-state index contributed by atoms with van der Waals surface area (Å²) in [4.78, 5) is 33.2. The van der Waals surface area contributed by atoms with Gasteiger partial charge in [0.1, 0.15) is 5.75 Å². The molecule has 8 heteroatoms. The molecule has 0 aliphatic carbocycles. The Kier molecular flexibility index (Phi) is 8.57. The molecule has 0 radical (unpaired) electrons. The molecule has 1 atom stereocenters. The zero-order valence-corrected chi connectivity index (χ0v) is 25.0. The molecule has 0 N–H and O–H groups in total. The predicted molar refractivity (Wildman–Crippen MR) is 164 cm³/mol. The van der Waals surface area contributed by atoms with Gasteiger partial charge in [0.2, 0.25) is 0 Å². The summed E-state index contributed by atoms with van der Waals surface area (Å²) < 4.78 is 13.4. The molecular weight excluding hydrogens is 556 g/mol. The number of carbonyl (C=O) groups is 1. The number of hydrogen-bond acceptors (Lipinski definition) is 6. The lowest BCUT2D eigenvalue weighted by Crippen LogP contribution is -2.40. The first kappa shape index (κ1) is 28.6. The minimum absolute atomic E-state index is 0.197. The molecule has 0 saturated heterocycles. The average molecular weight is 587 g/mol. The summed E-state index contributed by atoms with van der Waals surface area (Å²) in [5, 5.41) is 0.534. The van der Waals surface area contributed by atoms with Crippen LogP contribution in [0.3, 0.4) is 0 Å². The number of halogens is 1. The van der Waals surface area contributed by atoms with Crippen molar-refractivity contribution >= 4 is 40.7 Å². The summed E-state index contributed by atoms with van der Waals surface area (Å²) in [5.74, 6) is 0.458. The summed E-state index contributed by atoms with van der Waals surface area (Å²) in [6.07, 6.45) is 1.77. The van der Waals surface area contributed by atoms with Crippen molar-refractivity contribution in [3.8, 4) is 5.75 Å². The fraction of sp³-hybridized carbons (Fsp3) is 0.242. The SMILES string of the molecule is CCOC(=O)C1=C(c2ccccc2)N=c2s/c(=C\c3cc(Cl)ccc3OCC)c(=O)n2[C@@H]1c1ccc(C(C)C)cc1. The van der Waals surface area contributed by atoms with E-state index in [2.05, 4.69) is 13.8 Å². The number of aromatic nitrogens is 1. The molecule has 4 aromatic rings. The maximum atomic E-state index is 14.1. The monoisotopic (exact) mass is 586 g/mol. The predicted octanol–water partition coefficient (Wildman–Crippen LogP) is 6.11. The third-order valence-corrected chi connectivity index (χ3v) is 8.07. The van der Waals surface area contributed by atoms with Gasteiger partial charge in [-0.3, -0.25) is 9.36 Å². The Morgan fingerprint density at radius 2 is 1.78 bits per heavy atom. The van der Waals surface area contributed by atoms with Gasteiger partial charge in [-0.2, -0.15) is 0 Å². The van der Waals surface area contributed by atoms with Gasteiger partial charge in [-0.25, -0.2) is 9.79 Å². The smallest absolute Gasteiger partial charge is 0.338 e. The molecule has 5 rings (SSSR count). The number of rotatable bonds is 8. The second-order valence-corrected chi connectivity index (χ2v) is 11.3. The fourth-order valence-corrected chi connectivity index (χ4v) is 6.05. The van der Waals surface area contributed by atoms with E-state index >= 15 is 0 Å². The standard InChI is InChI=1S/C33H31ClN2O4S/c1-5-39-26-17-16-25(34)18-24(26)19-27-31(37)36-30(23-14-12-21(13-15-23)20(3)4)28(32(38)40-6-2)29(35-33(36)41-27)22-10-8-7-9-11-22/h7-20,30H,5-6H2,1-4H3/b27-19-/t30-/m1/s1. The largest absolute Gasteiger partial charge is 0.493 e. The van der Waals surface area contributed by atoms with Crippen LogP contribution in [-0.2, 0) is 9.53 Å². The molecule has 1 aromatic heterocycles. The van der Waals surface area contributed by atoms with Crippen molar-refractivity contribution < 1.29 is 14.3 Å². The van der Waals surface area contributed by atoms with Crippen LogP contribution in [0, 0.1) is 0 Å². The van der Waals surface area contributed by atoms with Gasteiger partial charge in [0.25, 0.3) is 5.56 Å². The van der Waals surface area contributed by atoms with Crippen LogP contribution in [-0.4, -0.2) is 23.8 Å². The maximum absolute atomic E-state index is 14.1. The van der Waals surface area contributed by atoms with E-state index in [1.54, 1.807) is 35.8 Å². The van der Waals surface area contributed by atoms with Gasteiger partial charge >= 0.3 is 5.97 Å². The van der Waals surface area contributed by atoms with Gasteiger partial charge in [-0.05, 0) is 55.2 Å². The highest BCUT2D eigenvalue weighted by Gasteiger charge is 2.35. The molecule has 0 unspecified atom stereocenters. The first-order chi connectivity index (χ1) is 19.8. The van der Waals surface area contributed by atoms with Crippen molar-refractivity contribution in [3.63, 3.8) is 0 Å². The molecule has 0 bridgehead atoms. The van der Waals surface area contributed by atoms with E-state index in [1.165, 1.54) is 11.3 Å². The normalized spacial score (nSPS) is 15.1. The van der Waals surface area contributed by atoms with Crippen LogP contribution in [0.15, 0.2) is 88.2 Å². The van der Waals surface area contributed by atoms with E-state index < -0.39 is 12.0 Å². The summed E-state index contributed by atoms with van der Waals surface area (Å²) in [7, 11) is 0. The van der Waals surface area contributed by atoms with Crippen LogP contribution in [0.5, 0.6) is 5.75 Å².